The van der Waals surface area contributed by atoms with E-state index in [9.17, 15) is 17.2 Å². The first-order chi connectivity index (χ1) is 13.4. The van der Waals surface area contributed by atoms with Crippen molar-refractivity contribution in [3.63, 3.8) is 0 Å². The van der Waals surface area contributed by atoms with Crippen molar-refractivity contribution in [2.24, 2.45) is 0 Å². The van der Waals surface area contributed by atoms with Gasteiger partial charge in [-0.25, -0.2) is 17.2 Å². The van der Waals surface area contributed by atoms with Crippen LogP contribution in [0.2, 0.25) is 5.02 Å². The van der Waals surface area contributed by atoms with E-state index in [1.54, 1.807) is 18.3 Å². The van der Waals surface area contributed by atoms with Gasteiger partial charge in [0, 0.05) is 48.5 Å². The van der Waals surface area contributed by atoms with Gasteiger partial charge in [0.05, 0.1) is 5.52 Å². The summed E-state index contributed by atoms with van der Waals surface area (Å²) < 4.78 is 54.5. The molecule has 28 heavy (non-hydrogen) atoms. The zero-order chi connectivity index (χ0) is 19.9. The SMILES string of the molecule is O=S(=O)(c1c(F)cccc1F)N1CCN(c2ccnc3cc(Cl)ccc23)CC1. The minimum Gasteiger partial charge on any atom is -0.368 e. The largest absolute Gasteiger partial charge is 0.368 e. The predicted octanol–water partition coefficient (Wildman–Crippen LogP) is 3.68. The molecule has 0 radical (unpaired) electrons. The molecule has 0 N–H and O–H groups in total. The lowest BCUT2D eigenvalue weighted by Crippen LogP contribution is -2.49. The number of rotatable bonds is 3. The maximum absolute atomic E-state index is 14.0. The fourth-order valence-electron chi connectivity index (χ4n) is 3.41. The van der Waals surface area contributed by atoms with E-state index >= 15 is 0 Å². The van der Waals surface area contributed by atoms with Crippen LogP contribution in [0.1, 0.15) is 0 Å². The van der Waals surface area contributed by atoms with E-state index < -0.39 is 26.6 Å². The second-order valence-corrected chi connectivity index (χ2v) is 8.74. The standard InChI is InChI=1S/C19H16ClF2N3O2S/c20-13-4-5-14-17(12-13)23-7-6-18(14)24-8-10-25(11-9-24)28(26,27)19-15(21)2-1-3-16(19)22/h1-7,12H,8-11H2. The van der Waals surface area contributed by atoms with E-state index in [1.165, 1.54) is 0 Å². The van der Waals surface area contributed by atoms with Crippen LogP contribution in [-0.4, -0.2) is 43.9 Å². The zero-order valence-corrected chi connectivity index (χ0v) is 16.2. The molecule has 2 aromatic carbocycles. The molecule has 9 heteroatoms. The summed E-state index contributed by atoms with van der Waals surface area (Å²) in [5.41, 5.74) is 1.66. The lowest BCUT2D eigenvalue weighted by Gasteiger charge is -2.35. The van der Waals surface area contributed by atoms with E-state index in [4.69, 9.17) is 11.6 Å². The normalized spacial score (nSPS) is 15.9. The van der Waals surface area contributed by atoms with Crippen molar-refractivity contribution in [3.05, 3.63) is 65.3 Å². The molecule has 3 aromatic rings. The number of piperazine rings is 1. The van der Waals surface area contributed by atoms with Crippen molar-refractivity contribution in [2.45, 2.75) is 4.90 Å². The lowest BCUT2D eigenvalue weighted by molar-refractivity contribution is 0.379. The van der Waals surface area contributed by atoms with E-state index in [-0.39, 0.29) is 13.1 Å². The fourth-order valence-corrected chi connectivity index (χ4v) is 5.11. The highest BCUT2D eigenvalue weighted by Crippen LogP contribution is 2.29. The zero-order valence-electron chi connectivity index (χ0n) is 14.6. The third kappa shape index (κ3) is 3.32. The number of halogens is 3. The molecule has 0 amide bonds. The minimum absolute atomic E-state index is 0.119. The average molecular weight is 424 g/mol. The molecule has 0 bridgehead atoms. The smallest absolute Gasteiger partial charge is 0.249 e. The van der Waals surface area contributed by atoms with Crippen molar-refractivity contribution in [2.75, 3.05) is 31.1 Å². The Morgan fingerprint density at radius 3 is 2.32 bits per heavy atom. The van der Waals surface area contributed by atoms with Gasteiger partial charge in [-0.1, -0.05) is 17.7 Å². The Morgan fingerprint density at radius 2 is 1.64 bits per heavy atom. The van der Waals surface area contributed by atoms with Crippen molar-refractivity contribution < 1.29 is 17.2 Å². The minimum atomic E-state index is -4.25. The van der Waals surface area contributed by atoms with Gasteiger partial charge in [-0.3, -0.25) is 4.98 Å². The molecule has 1 fully saturated rings. The van der Waals surface area contributed by atoms with Gasteiger partial charge >= 0.3 is 0 Å². The summed E-state index contributed by atoms with van der Waals surface area (Å²) in [5, 5.41) is 1.49. The van der Waals surface area contributed by atoms with Crippen LogP contribution >= 0.6 is 11.6 Å². The Morgan fingerprint density at radius 1 is 0.964 bits per heavy atom. The van der Waals surface area contributed by atoms with Gasteiger partial charge in [0.15, 0.2) is 4.90 Å². The molecule has 2 heterocycles. The molecule has 146 valence electrons. The van der Waals surface area contributed by atoms with Gasteiger partial charge in [-0.05, 0) is 36.4 Å². The maximum Gasteiger partial charge on any atom is 0.249 e. The summed E-state index contributed by atoms with van der Waals surface area (Å²) in [6.45, 7) is 1.01. The third-order valence-electron chi connectivity index (χ3n) is 4.78. The number of hydrogen-bond donors (Lipinski definition) is 0. The first-order valence-electron chi connectivity index (χ1n) is 8.61. The van der Waals surface area contributed by atoms with Gasteiger partial charge in [-0.15, -0.1) is 0 Å². The van der Waals surface area contributed by atoms with Crippen LogP contribution in [0.25, 0.3) is 10.9 Å². The molecule has 4 rings (SSSR count). The molecule has 1 saturated heterocycles. The first kappa shape index (κ1) is 19.0. The number of pyridine rings is 1. The van der Waals surface area contributed by atoms with Crippen molar-refractivity contribution >= 4 is 38.2 Å². The van der Waals surface area contributed by atoms with Gasteiger partial charge in [0.1, 0.15) is 11.6 Å². The lowest BCUT2D eigenvalue weighted by atomic mass is 10.1. The summed E-state index contributed by atoms with van der Waals surface area (Å²) in [6, 6.07) is 10.3. The second kappa shape index (κ2) is 7.27. The van der Waals surface area contributed by atoms with Crippen molar-refractivity contribution in [1.29, 1.82) is 0 Å². The van der Waals surface area contributed by atoms with E-state index in [1.807, 2.05) is 17.0 Å². The Hall–Kier alpha value is -2.29. The number of sulfonamides is 1. The summed E-state index contributed by atoms with van der Waals surface area (Å²) in [4.78, 5) is 5.44. The van der Waals surface area contributed by atoms with Crippen LogP contribution in [0.3, 0.4) is 0 Å². The molecule has 1 aromatic heterocycles. The van der Waals surface area contributed by atoms with Crippen molar-refractivity contribution in [1.82, 2.24) is 9.29 Å². The van der Waals surface area contributed by atoms with Crippen LogP contribution in [0.15, 0.2) is 53.6 Å². The summed E-state index contributed by atoms with van der Waals surface area (Å²) in [6.07, 6.45) is 1.67. The number of anilines is 1. The molecule has 0 unspecified atom stereocenters. The number of nitrogens with zero attached hydrogens (tertiary/aromatic N) is 3. The highest BCUT2D eigenvalue weighted by molar-refractivity contribution is 7.89. The Labute approximate surface area is 166 Å². The molecule has 0 saturated carbocycles. The average Bonchev–Trinajstić information content (AvgIpc) is 2.67. The van der Waals surface area contributed by atoms with Crippen LogP contribution in [0, 0.1) is 11.6 Å². The summed E-state index contributed by atoms with van der Waals surface area (Å²) in [7, 11) is -4.25. The van der Waals surface area contributed by atoms with E-state index in [0.29, 0.717) is 18.1 Å². The maximum atomic E-state index is 14.0. The summed E-state index contributed by atoms with van der Waals surface area (Å²) >= 11 is 6.02. The molecule has 5 nitrogen and oxygen atoms in total. The van der Waals surface area contributed by atoms with Gasteiger partial charge < -0.3 is 4.90 Å². The van der Waals surface area contributed by atoms with E-state index in [0.717, 1.165) is 39.1 Å². The number of hydrogen-bond acceptors (Lipinski definition) is 4. The first-order valence-corrected chi connectivity index (χ1v) is 10.4. The van der Waals surface area contributed by atoms with Gasteiger partial charge in [0.2, 0.25) is 10.0 Å². The fraction of sp³-hybridized carbons (Fsp3) is 0.211. The van der Waals surface area contributed by atoms with Crippen LogP contribution in [0.4, 0.5) is 14.5 Å². The monoisotopic (exact) mass is 423 g/mol. The Kier molecular flexibility index (Phi) is 4.95. The molecule has 0 aliphatic carbocycles. The quantitative estimate of drug-likeness (QED) is 0.645. The topological polar surface area (TPSA) is 53.5 Å². The van der Waals surface area contributed by atoms with Crippen LogP contribution in [-0.2, 0) is 10.0 Å². The molecule has 0 spiro atoms. The van der Waals surface area contributed by atoms with E-state index in [2.05, 4.69) is 4.98 Å². The van der Waals surface area contributed by atoms with Crippen molar-refractivity contribution in [3.8, 4) is 0 Å². The number of benzene rings is 2. The number of aromatic nitrogens is 1. The number of fused-ring (bicyclic) bond motifs is 1. The van der Waals surface area contributed by atoms with Crippen LogP contribution in [0.5, 0.6) is 0 Å². The molecule has 1 aliphatic rings. The van der Waals surface area contributed by atoms with Crippen LogP contribution < -0.4 is 4.90 Å². The Bertz CT molecular complexity index is 1130. The highest BCUT2D eigenvalue weighted by Gasteiger charge is 2.33. The molecular formula is C19H16ClF2N3O2S. The van der Waals surface area contributed by atoms with Gasteiger partial charge in [0.25, 0.3) is 0 Å². The Balaban J connectivity index is 1.59. The third-order valence-corrected chi connectivity index (χ3v) is 6.96. The second-order valence-electron chi connectivity index (χ2n) is 6.43. The molecule has 1 aliphatic heterocycles. The summed E-state index contributed by atoms with van der Waals surface area (Å²) in [5.74, 6) is -2.17. The molecular weight excluding hydrogens is 408 g/mol. The molecule has 0 atom stereocenters. The predicted molar refractivity (Wildman–Crippen MR) is 104 cm³/mol. The highest BCUT2D eigenvalue weighted by atomic mass is 35.5. The van der Waals surface area contributed by atoms with Gasteiger partial charge in [-0.2, -0.15) is 4.31 Å².